The van der Waals surface area contributed by atoms with Gasteiger partial charge in [0.15, 0.2) is 23.8 Å². The van der Waals surface area contributed by atoms with Crippen LogP contribution in [0.1, 0.15) is 198 Å². The van der Waals surface area contributed by atoms with Crippen LogP contribution in [0.15, 0.2) is 49.6 Å². The number of unbranched alkanes of at least 4 members (excludes halogenated alkanes) is 12. The summed E-state index contributed by atoms with van der Waals surface area (Å²) in [7, 11) is 4.75. The Labute approximate surface area is 483 Å². The van der Waals surface area contributed by atoms with Crippen LogP contribution in [0.4, 0.5) is 0 Å². The quantitative estimate of drug-likeness (QED) is 0.0338. The predicted octanol–water partition coefficient (Wildman–Crippen LogP) is 10.8. The van der Waals surface area contributed by atoms with E-state index in [1.54, 1.807) is 13.8 Å². The minimum absolute atomic E-state index is 0. The number of likely N-dealkylation sites (tertiary alicyclic amines) is 2. The Hall–Kier alpha value is -3.32. The predicted molar refractivity (Wildman–Crippen MR) is 315 cm³/mol. The molecule has 3 amide bonds. The number of halogens is 1. The number of aliphatic hydroxyl groups is 1. The molecule has 79 heavy (non-hydrogen) atoms. The number of ether oxygens (including phenoxy) is 7. The Bertz CT molecular complexity index is 1880. The van der Waals surface area contributed by atoms with Gasteiger partial charge in [-0.05, 0) is 116 Å². The van der Waals surface area contributed by atoms with Crippen LogP contribution in [0.2, 0.25) is 0 Å². The molecular formula is C62H108ClN4O12+. The maximum Gasteiger partial charge on any atom is 0.343 e. The van der Waals surface area contributed by atoms with Crippen molar-refractivity contribution in [2.75, 3.05) is 33.3 Å². The molecule has 5 rings (SSSR count). The molecule has 4 N–H and O–H groups in total. The van der Waals surface area contributed by atoms with E-state index in [1.807, 2.05) is 60.1 Å². The lowest BCUT2D eigenvalue weighted by atomic mass is 9.93. The fourth-order valence-electron chi connectivity index (χ4n) is 10.2. The smallest absolute Gasteiger partial charge is 0.343 e. The molecule has 16 nitrogen and oxygen atoms in total. The third kappa shape index (κ3) is 26.2. The maximum absolute atomic E-state index is 13.4. The fraction of sp³-hybridized carbons (Fsp3) is 0.790. The zero-order valence-electron chi connectivity index (χ0n) is 50.6. The molecule has 0 aliphatic carbocycles. The summed E-state index contributed by atoms with van der Waals surface area (Å²) in [6, 6.07) is -0.862. The second-order valence-electron chi connectivity index (χ2n) is 24.9. The van der Waals surface area contributed by atoms with E-state index in [1.165, 1.54) is 64.9 Å². The van der Waals surface area contributed by atoms with Crippen LogP contribution in [-0.2, 0) is 52.3 Å². The van der Waals surface area contributed by atoms with Crippen molar-refractivity contribution in [1.82, 2.24) is 15.1 Å². The molecule has 0 aromatic heterocycles. The van der Waals surface area contributed by atoms with E-state index in [9.17, 15) is 24.3 Å². The van der Waals surface area contributed by atoms with E-state index in [-0.39, 0.29) is 47.2 Å². The van der Waals surface area contributed by atoms with Gasteiger partial charge in [0.05, 0.1) is 6.04 Å². The largest absolute Gasteiger partial charge is 0.454 e. The number of nitrogens with two attached hydrogens (primary N) is 1. The molecule has 0 radical (unpaired) electrons. The molecule has 0 aromatic carbocycles. The minimum Gasteiger partial charge on any atom is -0.454 e. The third-order valence-electron chi connectivity index (χ3n) is 14.4. The standard InChI is InChI=1S/C31H54N2O6.C16H30N2O.C15H23O5.ClH/c1-8-9-10-11-12-13-14-16-21-33-22-17-15-18-23(29(33)36)32-28(35)27(37-7)26-25(34)24(19-20-30(2,3)4)38-31(5,6)39-26;1-2-3-4-5-6-7-8-10-13-18-14-11-9-12-15(17)16(18)19;1-14(2,3)8-7-9-10-11(20-15(4,5)19-9)12(17-6)13(16)18-10;/h8,19-20,23-27,34H,1,9-18,21-22H2,2-7H3,(H,32,35);2,15H,1,3-14,17H2;7-12H,6H2,1-5H3;1H/q;;+1;/b20-19+;;8-7+;/t23-,24+,25-,26+,27+;15-;9-,10+,11-,12-;/m001./s1. The molecule has 0 bridgehead atoms. The average Bonchev–Trinajstić information content (AvgIpc) is 3.50. The molecular weight excluding hydrogens is 1030 g/mol. The molecule has 5 saturated heterocycles. The normalized spacial score (nSPS) is 27.5. The second kappa shape index (κ2) is 35.6. The molecule has 0 aromatic rings. The molecule has 0 saturated carbocycles. The zero-order valence-corrected chi connectivity index (χ0v) is 51.5. The number of fused-ring (bicyclic) bond motifs is 1. The highest BCUT2D eigenvalue weighted by atomic mass is 35.5. The molecule has 5 fully saturated rings. The number of aliphatic hydroxyl groups excluding tert-OH is 1. The third-order valence-corrected chi connectivity index (χ3v) is 14.4. The van der Waals surface area contributed by atoms with Gasteiger partial charge in [0.1, 0.15) is 36.6 Å². The summed E-state index contributed by atoms with van der Waals surface area (Å²) in [4.78, 5) is 54.4. The number of nitrogens with zero attached hydrogens (tertiary/aromatic N) is 2. The first-order valence-corrected chi connectivity index (χ1v) is 29.5. The van der Waals surface area contributed by atoms with E-state index >= 15 is 0 Å². The van der Waals surface area contributed by atoms with Gasteiger partial charge in [-0.15, -0.1) is 25.6 Å². The van der Waals surface area contributed by atoms with E-state index in [0.717, 1.165) is 83.8 Å². The highest BCUT2D eigenvalue weighted by Crippen LogP contribution is 2.37. The van der Waals surface area contributed by atoms with Crippen LogP contribution in [-0.4, -0.2) is 144 Å². The summed E-state index contributed by atoms with van der Waals surface area (Å²) in [6.45, 7) is 30.3. The average molecular weight is 1140 g/mol. The highest BCUT2D eigenvalue weighted by molar-refractivity contribution is 5.90. The molecule has 454 valence electrons. The number of esters is 1. The van der Waals surface area contributed by atoms with Gasteiger partial charge in [0, 0.05) is 33.3 Å². The van der Waals surface area contributed by atoms with Gasteiger partial charge in [-0.25, -0.2) is 4.79 Å². The van der Waals surface area contributed by atoms with Gasteiger partial charge < -0.3 is 54.4 Å². The summed E-state index contributed by atoms with van der Waals surface area (Å²) in [5.41, 5.74) is 5.79. The van der Waals surface area contributed by atoms with Crippen LogP contribution in [0.3, 0.4) is 0 Å². The fourth-order valence-corrected chi connectivity index (χ4v) is 10.2. The second-order valence-corrected chi connectivity index (χ2v) is 24.9. The number of hydrogen-bond acceptors (Lipinski definition) is 13. The molecule has 0 unspecified atom stereocenters. The monoisotopic (exact) mass is 1140 g/mol. The molecule has 0 spiro atoms. The summed E-state index contributed by atoms with van der Waals surface area (Å²) < 4.78 is 39.4. The van der Waals surface area contributed by atoms with Crippen molar-refractivity contribution in [2.24, 2.45) is 16.6 Å². The molecule has 5 heterocycles. The summed E-state index contributed by atoms with van der Waals surface area (Å²) in [5.74, 6) is -2.62. The molecule has 10 atom stereocenters. The van der Waals surface area contributed by atoms with Gasteiger partial charge in [-0.1, -0.05) is 129 Å². The Morgan fingerprint density at radius 3 is 1.70 bits per heavy atom. The van der Waals surface area contributed by atoms with Crippen LogP contribution in [0.5, 0.6) is 0 Å². The molecule has 5 aliphatic rings. The van der Waals surface area contributed by atoms with Crippen molar-refractivity contribution < 1.29 is 57.4 Å². The van der Waals surface area contributed by atoms with E-state index in [0.29, 0.717) is 13.0 Å². The van der Waals surface area contributed by atoms with Crippen LogP contribution >= 0.6 is 12.4 Å². The van der Waals surface area contributed by atoms with Gasteiger partial charge in [0.2, 0.25) is 25.0 Å². The van der Waals surface area contributed by atoms with Crippen molar-refractivity contribution in [3.05, 3.63) is 56.7 Å². The number of hydrogen-bond donors (Lipinski definition) is 3. The lowest BCUT2D eigenvalue weighted by molar-refractivity contribution is -0.334. The maximum atomic E-state index is 13.4. The van der Waals surface area contributed by atoms with Gasteiger partial charge in [-0.3, -0.25) is 14.4 Å². The van der Waals surface area contributed by atoms with Crippen molar-refractivity contribution in [3.63, 3.8) is 0 Å². The lowest BCUT2D eigenvalue weighted by Gasteiger charge is -2.45. The number of carbonyl (C=O) groups excluding carboxylic acids is 4. The summed E-state index contributed by atoms with van der Waals surface area (Å²) >= 11 is 0. The zero-order chi connectivity index (χ0) is 58.1. The Morgan fingerprint density at radius 1 is 0.722 bits per heavy atom. The Balaban J connectivity index is 0.000000446. The van der Waals surface area contributed by atoms with Gasteiger partial charge in [-0.2, -0.15) is 4.74 Å². The SMILES string of the molecule is C=CCCCCCCCCN1CCCC[C@H](N)C1=O.C=CCCCCCCCCN1CCCC[C@H](NC(=O)[C@H](OC)[C@@H]2OC(C)(C)O[C@H](/C=C/C(C)(C)C)[C@@H]2O)C1=O.Cl.[CH2+]O[C@H]1C(=O)O[C@@H]2[C@H]1OC(C)(C)O[C@@H]2/C=C/C(C)(C)C. The van der Waals surface area contributed by atoms with Crippen LogP contribution < -0.4 is 11.1 Å². The first kappa shape index (κ1) is 71.8. The number of allylic oxidation sites excluding steroid dienone is 4. The first-order valence-electron chi connectivity index (χ1n) is 29.5. The van der Waals surface area contributed by atoms with E-state index in [4.69, 9.17) is 38.9 Å². The Kier molecular flexibility index (Phi) is 32.4. The van der Waals surface area contributed by atoms with Crippen molar-refractivity contribution in [2.45, 2.75) is 270 Å². The summed E-state index contributed by atoms with van der Waals surface area (Å²) in [6.07, 6.45) is 27.8. The number of rotatable bonds is 25. The topological polar surface area (TPSA) is 198 Å². The number of nitrogens with one attached hydrogen (secondary N) is 1. The number of methoxy groups -OCH3 is 1. The van der Waals surface area contributed by atoms with Gasteiger partial charge >= 0.3 is 5.97 Å². The number of carbonyl (C=O) groups is 4. The Morgan fingerprint density at radius 2 is 1.19 bits per heavy atom. The van der Waals surface area contributed by atoms with Crippen LogP contribution in [0.25, 0.3) is 0 Å². The van der Waals surface area contributed by atoms with Crippen molar-refractivity contribution in [3.8, 4) is 0 Å². The van der Waals surface area contributed by atoms with Crippen molar-refractivity contribution >= 4 is 36.1 Å². The highest BCUT2D eigenvalue weighted by Gasteiger charge is 2.57. The number of amides is 3. The first-order chi connectivity index (χ1) is 36.8. The minimum atomic E-state index is -1.12. The molecule has 5 aliphatic heterocycles. The molecule has 17 heteroatoms. The van der Waals surface area contributed by atoms with Crippen LogP contribution in [0, 0.1) is 17.9 Å². The summed E-state index contributed by atoms with van der Waals surface area (Å²) in [5, 5.41) is 14.0. The van der Waals surface area contributed by atoms with E-state index in [2.05, 4.69) is 67.1 Å². The van der Waals surface area contributed by atoms with Gasteiger partial charge in [0.25, 0.3) is 5.91 Å². The van der Waals surface area contributed by atoms with Crippen molar-refractivity contribution in [1.29, 1.82) is 0 Å². The lowest BCUT2D eigenvalue weighted by Crippen LogP contribution is -2.62. The van der Waals surface area contributed by atoms with E-state index < -0.39 is 72.2 Å².